The third-order valence-electron chi connectivity index (χ3n) is 2.48. The Hall–Kier alpha value is -1.55. The van der Waals surface area contributed by atoms with Crippen molar-refractivity contribution in [1.29, 1.82) is 5.26 Å². The van der Waals surface area contributed by atoms with Crippen molar-refractivity contribution in [3.05, 3.63) is 32.1 Å². The lowest BCUT2D eigenvalue weighted by Crippen LogP contribution is -2.15. The van der Waals surface area contributed by atoms with Crippen molar-refractivity contribution in [1.82, 2.24) is 9.78 Å². The fourth-order valence-electron chi connectivity index (χ4n) is 1.65. The van der Waals surface area contributed by atoms with Gasteiger partial charge in [-0.25, -0.2) is 4.68 Å². The quantitative estimate of drug-likeness (QED) is 0.929. The molecule has 0 aliphatic heterocycles. The van der Waals surface area contributed by atoms with Crippen LogP contribution in [0.3, 0.4) is 0 Å². The van der Waals surface area contributed by atoms with Gasteiger partial charge in [0.15, 0.2) is 0 Å². The molecule has 0 radical (unpaired) electrons. The summed E-state index contributed by atoms with van der Waals surface area (Å²) >= 11 is 12.9. The van der Waals surface area contributed by atoms with Gasteiger partial charge in [-0.2, -0.15) is 10.4 Å². The average Bonchev–Trinajstić information content (AvgIpc) is 2.89. The lowest BCUT2D eigenvalue weighted by Gasteiger charge is -2.06. The number of hydrogen-bond donors (Lipinski definition) is 1. The minimum absolute atomic E-state index is 0.315. The molecule has 1 N–H and O–H groups in total. The number of aryl methyl sites for hydroxylation is 2. The highest BCUT2D eigenvalue weighted by atomic mass is 35.5. The molecule has 0 fully saturated rings. The lowest BCUT2D eigenvalue weighted by atomic mass is 10.3. The summed E-state index contributed by atoms with van der Waals surface area (Å²) in [4.78, 5) is 12.1. The molecule has 2 aromatic rings. The molecule has 8 heteroatoms. The van der Waals surface area contributed by atoms with E-state index in [-0.39, 0.29) is 5.91 Å². The zero-order chi connectivity index (χ0) is 14.7. The Morgan fingerprint density at radius 1 is 1.55 bits per heavy atom. The van der Waals surface area contributed by atoms with E-state index in [0.717, 1.165) is 17.0 Å². The molecule has 2 rings (SSSR count). The zero-order valence-electron chi connectivity index (χ0n) is 10.5. The van der Waals surface area contributed by atoms with Crippen LogP contribution in [0.2, 0.25) is 8.67 Å². The minimum Gasteiger partial charge on any atom is -0.307 e. The van der Waals surface area contributed by atoms with Gasteiger partial charge in [0.05, 0.1) is 34.6 Å². The number of nitrogens with one attached hydrogen (secondary N) is 1. The summed E-state index contributed by atoms with van der Waals surface area (Å²) in [6.07, 6.45) is 0.315. The molecule has 1 amide bonds. The van der Waals surface area contributed by atoms with Gasteiger partial charge in [-0.3, -0.25) is 4.79 Å². The van der Waals surface area contributed by atoms with Gasteiger partial charge in [-0.05, 0) is 13.0 Å². The smallest absolute Gasteiger partial charge is 0.259 e. The number of amides is 1. The molecule has 0 spiro atoms. The van der Waals surface area contributed by atoms with E-state index in [1.807, 2.05) is 13.0 Å². The molecule has 2 heterocycles. The van der Waals surface area contributed by atoms with Gasteiger partial charge < -0.3 is 5.32 Å². The molecule has 20 heavy (non-hydrogen) atoms. The Morgan fingerprint density at radius 3 is 2.90 bits per heavy atom. The number of halogens is 2. The first-order chi connectivity index (χ1) is 9.51. The third kappa shape index (κ3) is 3.31. The number of nitriles is 1. The second-order valence-electron chi connectivity index (χ2n) is 3.99. The van der Waals surface area contributed by atoms with Crippen molar-refractivity contribution < 1.29 is 4.79 Å². The lowest BCUT2D eigenvalue weighted by molar-refractivity contribution is 0.102. The van der Waals surface area contributed by atoms with E-state index in [1.54, 1.807) is 10.7 Å². The van der Waals surface area contributed by atoms with Crippen LogP contribution < -0.4 is 5.32 Å². The number of carbonyl (C=O) groups excluding carboxylic acids is 1. The van der Waals surface area contributed by atoms with Crippen molar-refractivity contribution in [2.24, 2.45) is 0 Å². The number of hydrogen-bond acceptors (Lipinski definition) is 4. The third-order valence-corrected chi connectivity index (χ3v) is 3.97. The van der Waals surface area contributed by atoms with Gasteiger partial charge in [-0.1, -0.05) is 23.2 Å². The van der Waals surface area contributed by atoms with Gasteiger partial charge in [0.25, 0.3) is 5.91 Å². The van der Waals surface area contributed by atoms with E-state index in [9.17, 15) is 4.79 Å². The summed E-state index contributed by atoms with van der Waals surface area (Å²) in [5.41, 5.74) is 1.08. The summed E-state index contributed by atoms with van der Waals surface area (Å²) < 4.78 is 2.37. The van der Waals surface area contributed by atoms with Gasteiger partial charge in [0, 0.05) is 6.07 Å². The summed E-state index contributed by atoms with van der Waals surface area (Å²) in [7, 11) is 0. The van der Waals surface area contributed by atoms with E-state index >= 15 is 0 Å². The summed E-state index contributed by atoms with van der Waals surface area (Å²) in [6.45, 7) is 2.23. The summed E-state index contributed by atoms with van der Waals surface area (Å²) in [5, 5.41) is 15.6. The maximum Gasteiger partial charge on any atom is 0.259 e. The monoisotopic (exact) mass is 328 g/mol. The molecule has 0 aliphatic carbocycles. The van der Waals surface area contributed by atoms with E-state index in [4.69, 9.17) is 28.5 Å². The predicted molar refractivity (Wildman–Crippen MR) is 79.5 cm³/mol. The van der Waals surface area contributed by atoms with Crippen LogP contribution in [0.1, 0.15) is 22.5 Å². The molecule has 5 nitrogen and oxygen atoms in total. The fourth-order valence-corrected chi connectivity index (χ4v) is 3.11. The maximum absolute atomic E-state index is 12.1. The molecule has 0 aromatic carbocycles. The number of anilines is 1. The summed E-state index contributed by atoms with van der Waals surface area (Å²) in [6, 6.07) is 5.29. The van der Waals surface area contributed by atoms with Crippen LogP contribution in [0.25, 0.3) is 0 Å². The number of nitrogens with zero attached hydrogens (tertiary/aromatic N) is 3. The molecule has 2 aromatic heterocycles. The molecule has 0 atom stereocenters. The first kappa shape index (κ1) is 14.9. The molecule has 0 aliphatic rings. The van der Waals surface area contributed by atoms with Crippen molar-refractivity contribution in [2.75, 3.05) is 5.32 Å². The van der Waals surface area contributed by atoms with E-state index < -0.39 is 0 Å². The van der Waals surface area contributed by atoms with Crippen molar-refractivity contribution >= 4 is 46.3 Å². The van der Waals surface area contributed by atoms with Crippen LogP contribution in [0.4, 0.5) is 5.82 Å². The first-order valence-electron chi connectivity index (χ1n) is 5.69. The highest BCUT2D eigenvalue weighted by molar-refractivity contribution is 7.20. The van der Waals surface area contributed by atoms with E-state index in [0.29, 0.717) is 33.0 Å². The van der Waals surface area contributed by atoms with Crippen LogP contribution in [0.5, 0.6) is 0 Å². The first-order valence-corrected chi connectivity index (χ1v) is 7.26. The van der Waals surface area contributed by atoms with E-state index in [1.165, 1.54) is 6.07 Å². The van der Waals surface area contributed by atoms with Crippen molar-refractivity contribution in [2.45, 2.75) is 19.9 Å². The van der Waals surface area contributed by atoms with Crippen LogP contribution in [0.15, 0.2) is 12.1 Å². The molecule has 0 saturated heterocycles. The molecule has 0 unspecified atom stereocenters. The van der Waals surface area contributed by atoms with Crippen molar-refractivity contribution in [3.63, 3.8) is 0 Å². The van der Waals surface area contributed by atoms with Crippen molar-refractivity contribution in [3.8, 4) is 6.07 Å². The Morgan fingerprint density at radius 2 is 2.30 bits per heavy atom. The molecule has 104 valence electrons. The molecule has 0 bridgehead atoms. The Kier molecular flexibility index (Phi) is 4.65. The minimum atomic E-state index is -0.351. The number of carbonyl (C=O) groups is 1. The molecular formula is C12H10Cl2N4OS. The van der Waals surface area contributed by atoms with Gasteiger partial charge in [0.1, 0.15) is 10.2 Å². The Balaban J connectivity index is 2.19. The van der Waals surface area contributed by atoms with E-state index in [2.05, 4.69) is 10.4 Å². The van der Waals surface area contributed by atoms with Crippen LogP contribution in [-0.2, 0) is 6.54 Å². The van der Waals surface area contributed by atoms with Gasteiger partial charge in [0.2, 0.25) is 0 Å². The number of thiophene rings is 1. The normalized spacial score (nSPS) is 10.3. The van der Waals surface area contributed by atoms with Gasteiger partial charge in [-0.15, -0.1) is 11.3 Å². The summed E-state index contributed by atoms with van der Waals surface area (Å²) in [5.74, 6) is 0.178. The second-order valence-corrected chi connectivity index (χ2v) is 6.28. The largest absolute Gasteiger partial charge is 0.307 e. The molecular weight excluding hydrogens is 319 g/mol. The Labute approximate surface area is 129 Å². The predicted octanol–water partition coefficient (Wildman–Crippen LogP) is 3.73. The number of rotatable bonds is 4. The van der Waals surface area contributed by atoms with Crippen LogP contribution in [-0.4, -0.2) is 15.7 Å². The van der Waals surface area contributed by atoms with Gasteiger partial charge >= 0.3 is 0 Å². The average molecular weight is 329 g/mol. The zero-order valence-corrected chi connectivity index (χ0v) is 12.8. The second kappa shape index (κ2) is 6.27. The number of aromatic nitrogens is 2. The Bertz CT molecular complexity index is 686. The van der Waals surface area contributed by atoms with Crippen LogP contribution in [0, 0.1) is 18.3 Å². The highest BCUT2D eigenvalue weighted by Crippen LogP contribution is 2.31. The standard InChI is InChI=1S/C12H10Cl2N4OS/c1-7-5-10(18(17-7)4-2-3-15)16-12(19)8-6-9(13)20-11(8)14/h5-6H,2,4H2,1H3,(H,16,19). The topological polar surface area (TPSA) is 70.7 Å². The maximum atomic E-state index is 12.1. The SMILES string of the molecule is Cc1cc(NC(=O)c2cc(Cl)sc2Cl)n(CCC#N)n1. The highest BCUT2D eigenvalue weighted by Gasteiger charge is 2.16. The fraction of sp³-hybridized carbons (Fsp3) is 0.250. The molecule has 0 saturated carbocycles. The van der Waals surface area contributed by atoms with Crippen LogP contribution >= 0.6 is 34.5 Å².